The van der Waals surface area contributed by atoms with Gasteiger partial charge in [-0.25, -0.2) is 4.99 Å². The van der Waals surface area contributed by atoms with Gasteiger partial charge in [-0.2, -0.15) is 0 Å². The van der Waals surface area contributed by atoms with Crippen molar-refractivity contribution < 1.29 is 0 Å². The molecular formula is C23H21NS. The predicted molar refractivity (Wildman–Crippen MR) is 110 cm³/mol. The maximum Gasteiger partial charge on any atom is 0.0714 e. The summed E-state index contributed by atoms with van der Waals surface area (Å²) in [6, 6.07) is 27.1. The fourth-order valence-electron chi connectivity index (χ4n) is 2.43. The zero-order chi connectivity index (χ0) is 17.5. The molecule has 0 radical (unpaired) electrons. The number of nitrogens with zero attached hydrogens (tertiary/aromatic N) is 1. The van der Waals surface area contributed by atoms with Crippen LogP contribution >= 0.6 is 11.8 Å². The van der Waals surface area contributed by atoms with E-state index >= 15 is 0 Å². The highest BCUT2D eigenvalue weighted by Crippen LogP contribution is 2.21. The summed E-state index contributed by atoms with van der Waals surface area (Å²) in [6.45, 7) is 4.21. The smallest absolute Gasteiger partial charge is 0.0714 e. The molecule has 25 heavy (non-hydrogen) atoms. The van der Waals surface area contributed by atoms with Crippen LogP contribution in [0.3, 0.4) is 0 Å². The Morgan fingerprint density at radius 3 is 2.28 bits per heavy atom. The lowest BCUT2D eigenvalue weighted by Crippen LogP contribution is -1.96. The minimum atomic E-state index is 0.961. The molecular weight excluding hydrogens is 322 g/mol. The second kappa shape index (κ2) is 8.50. The highest BCUT2D eigenvalue weighted by molar-refractivity contribution is 8.02. The SMILES string of the molecule is Cc1ccc(C(C=CSc2cccc(C)c2)=Nc2ccccc2)cc1. The third kappa shape index (κ3) is 5.20. The molecule has 1 nitrogen and oxygen atoms in total. The molecule has 0 saturated carbocycles. The summed E-state index contributed by atoms with van der Waals surface area (Å²) < 4.78 is 0. The first-order valence-corrected chi connectivity index (χ1v) is 9.19. The van der Waals surface area contributed by atoms with Crippen molar-refractivity contribution in [1.82, 2.24) is 0 Å². The number of hydrogen-bond donors (Lipinski definition) is 0. The summed E-state index contributed by atoms with van der Waals surface area (Å²) in [4.78, 5) is 6.06. The maximum atomic E-state index is 4.82. The van der Waals surface area contributed by atoms with E-state index in [1.165, 1.54) is 16.0 Å². The summed E-state index contributed by atoms with van der Waals surface area (Å²) in [5.74, 6) is 0. The third-order valence-electron chi connectivity index (χ3n) is 3.77. The molecule has 0 bridgehead atoms. The van der Waals surface area contributed by atoms with Crippen LogP contribution in [0.25, 0.3) is 0 Å². The standard InChI is InChI=1S/C23H21NS/c1-18-11-13-20(14-12-18)23(24-21-8-4-3-5-9-21)15-16-25-22-10-6-7-19(2)17-22/h3-17H,1-2H3. The molecule has 0 aromatic heterocycles. The molecule has 0 saturated heterocycles. The number of hydrogen-bond acceptors (Lipinski definition) is 2. The van der Waals surface area contributed by atoms with E-state index in [-0.39, 0.29) is 0 Å². The van der Waals surface area contributed by atoms with E-state index in [2.05, 4.69) is 73.9 Å². The van der Waals surface area contributed by atoms with E-state index in [0.29, 0.717) is 0 Å². The average molecular weight is 343 g/mol. The Morgan fingerprint density at radius 2 is 1.56 bits per heavy atom. The molecule has 0 aliphatic carbocycles. The maximum absolute atomic E-state index is 4.82. The van der Waals surface area contributed by atoms with Crippen molar-refractivity contribution in [2.45, 2.75) is 18.7 Å². The zero-order valence-corrected chi connectivity index (χ0v) is 15.3. The van der Waals surface area contributed by atoms with Crippen LogP contribution in [0, 0.1) is 13.8 Å². The highest BCUT2D eigenvalue weighted by Gasteiger charge is 2.01. The molecule has 0 N–H and O–H groups in total. The lowest BCUT2D eigenvalue weighted by Gasteiger charge is -2.04. The third-order valence-corrected chi connectivity index (χ3v) is 4.57. The summed E-state index contributed by atoms with van der Waals surface area (Å²) >= 11 is 1.71. The first-order chi connectivity index (χ1) is 12.2. The molecule has 124 valence electrons. The Morgan fingerprint density at radius 1 is 0.800 bits per heavy atom. The van der Waals surface area contributed by atoms with Crippen molar-refractivity contribution in [2.24, 2.45) is 4.99 Å². The fourth-order valence-corrected chi connectivity index (χ4v) is 3.19. The molecule has 3 rings (SSSR count). The van der Waals surface area contributed by atoms with Crippen LogP contribution in [-0.4, -0.2) is 5.71 Å². The fraction of sp³-hybridized carbons (Fsp3) is 0.0870. The second-order valence-electron chi connectivity index (χ2n) is 5.94. The van der Waals surface area contributed by atoms with Crippen molar-refractivity contribution in [3.63, 3.8) is 0 Å². The van der Waals surface area contributed by atoms with Gasteiger partial charge in [-0.1, -0.05) is 77.5 Å². The van der Waals surface area contributed by atoms with Crippen molar-refractivity contribution in [3.8, 4) is 0 Å². The van der Waals surface area contributed by atoms with E-state index < -0.39 is 0 Å². The summed E-state index contributed by atoms with van der Waals surface area (Å²) in [7, 11) is 0. The van der Waals surface area contributed by atoms with E-state index in [9.17, 15) is 0 Å². The Kier molecular flexibility index (Phi) is 5.86. The molecule has 0 spiro atoms. The summed E-state index contributed by atoms with van der Waals surface area (Å²) in [5, 5.41) is 2.11. The van der Waals surface area contributed by atoms with Crippen molar-refractivity contribution >= 4 is 23.2 Å². The quantitative estimate of drug-likeness (QED) is 0.369. The Hall–Kier alpha value is -2.58. The molecule has 0 aliphatic heterocycles. The van der Waals surface area contributed by atoms with Gasteiger partial charge in [-0.15, -0.1) is 0 Å². The Bertz CT molecular complexity index is 877. The van der Waals surface area contributed by atoms with Gasteiger partial charge in [0.1, 0.15) is 0 Å². The number of rotatable bonds is 5. The second-order valence-corrected chi connectivity index (χ2v) is 6.91. The lowest BCUT2D eigenvalue weighted by atomic mass is 10.1. The van der Waals surface area contributed by atoms with Gasteiger partial charge in [0.25, 0.3) is 0 Å². The Balaban J connectivity index is 1.87. The molecule has 0 amide bonds. The van der Waals surface area contributed by atoms with Crippen LogP contribution in [0.2, 0.25) is 0 Å². The summed E-state index contributed by atoms with van der Waals surface area (Å²) in [6.07, 6.45) is 2.09. The molecule has 0 aliphatic rings. The van der Waals surface area contributed by atoms with Gasteiger partial charge >= 0.3 is 0 Å². The van der Waals surface area contributed by atoms with Gasteiger partial charge in [-0.05, 0) is 49.6 Å². The molecule has 3 aromatic rings. The molecule has 0 atom stereocenters. The van der Waals surface area contributed by atoms with Gasteiger partial charge in [0.15, 0.2) is 0 Å². The van der Waals surface area contributed by atoms with Crippen molar-refractivity contribution in [1.29, 1.82) is 0 Å². The number of para-hydroxylation sites is 1. The van der Waals surface area contributed by atoms with Crippen LogP contribution in [0.4, 0.5) is 5.69 Å². The van der Waals surface area contributed by atoms with Gasteiger partial charge in [0, 0.05) is 10.5 Å². The van der Waals surface area contributed by atoms with Crippen LogP contribution in [-0.2, 0) is 0 Å². The predicted octanol–water partition coefficient (Wildman–Crippen LogP) is 6.73. The van der Waals surface area contributed by atoms with E-state index in [1.807, 2.05) is 30.3 Å². The molecule has 0 unspecified atom stereocenters. The largest absolute Gasteiger partial charge is 0.248 e. The van der Waals surface area contributed by atoms with Gasteiger partial charge in [0.2, 0.25) is 0 Å². The molecule has 0 heterocycles. The normalized spacial score (nSPS) is 11.8. The molecule has 3 aromatic carbocycles. The van der Waals surface area contributed by atoms with Crippen LogP contribution in [0.5, 0.6) is 0 Å². The number of aryl methyl sites for hydroxylation is 2. The van der Waals surface area contributed by atoms with E-state index in [4.69, 9.17) is 4.99 Å². The minimum Gasteiger partial charge on any atom is -0.248 e. The van der Waals surface area contributed by atoms with Gasteiger partial charge in [-0.3, -0.25) is 0 Å². The zero-order valence-electron chi connectivity index (χ0n) is 14.5. The highest BCUT2D eigenvalue weighted by atomic mass is 32.2. The molecule has 0 fully saturated rings. The number of thioether (sulfide) groups is 1. The van der Waals surface area contributed by atoms with Gasteiger partial charge < -0.3 is 0 Å². The van der Waals surface area contributed by atoms with Gasteiger partial charge in [0.05, 0.1) is 11.4 Å². The first-order valence-electron chi connectivity index (χ1n) is 8.31. The topological polar surface area (TPSA) is 12.4 Å². The van der Waals surface area contributed by atoms with Crippen molar-refractivity contribution in [3.05, 3.63) is 107 Å². The summed E-state index contributed by atoms with van der Waals surface area (Å²) in [5.41, 5.74) is 5.57. The van der Waals surface area contributed by atoms with Crippen LogP contribution in [0.15, 0.2) is 100 Å². The first kappa shape index (κ1) is 17.2. The Labute approximate surface area is 154 Å². The van der Waals surface area contributed by atoms with Crippen LogP contribution < -0.4 is 0 Å². The van der Waals surface area contributed by atoms with E-state index in [0.717, 1.165) is 17.0 Å². The van der Waals surface area contributed by atoms with Crippen molar-refractivity contribution in [2.75, 3.05) is 0 Å². The molecule has 2 heteroatoms. The number of allylic oxidation sites excluding steroid dienone is 1. The lowest BCUT2D eigenvalue weighted by molar-refractivity contribution is 1.37. The average Bonchev–Trinajstić information content (AvgIpc) is 2.63. The minimum absolute atomic E-state index is 0.961. The van der Waals surface area contributed by atoms with E-state index in [1.54, 1.807) is 11.8 Å². The monoisotopic (exact) mass is 343 g/mol. The van der Waals surface area contributed by atoms with Crippen LogP contribution in [0.1, 0.15) is 16.7 Å². The number of aliphatic imine (C=N–C) groups is 1. The number of benzene rings is 3.